The molecule has 1 aliphatic rings. The summed E-state index contributed by atoms with van der Waals surface area (Å²) in [5.41, 5.74) is 7.09. The molecule has 1 aromatic heterocycles. The van der Waals surface area contributed by atoms with Crippen molar-refractivity contribution in [3.63, 3.8) is 0 Å². The van der Waals surface area contributed by atoms with E-state index in [0.717, 1.165) is 30.3 Å². The summed E-state index contributed by atoms with van der Waals surface area (Å²) >= 11 is 0. The summed E-state index contributed by atoms with van der Waals surface area (Å²) in [5, 5.41) is 0. The molecular formula is C15H26N4. The molecule has 0 atom stereocenters. The number of anilines is 2. The van der Waals surface area contributed by atoms with Gasteiger partial charge >= 0.3 is 0 Å². The van der Waals surface area contributed by atoms with E-state index in [1.807, 2.05) is 6.92 Å². The van der Waals surface area contributed by atoms with Crippen LogP contribution in [0.4, 0.5) is 11.6 Å². The van der Waals surface area contributed by atoms with Crippen molar-refractivity contribution >= 4 is 11.6 Å². The molecule has 0 radical (unpaired) electrons. The third-order valence-electron chi connectivity index (χ3n) is 3.85. The van der Waals surface area contributed by atoms with Gasteiger partial charge in [0.2, 0.25) is 0 Å². The number of nitrogens with zero attached hydrogens (tertiary/aromatic N) is 3. The molecule has 1 aromatic rings. The van der Waals surface area contributed by atoms with Crippen LogP contribution in [0.25, 0.3) is 0 Å². The molecule has 0 bridgehead atoms. The first kappa shape index (κ1) is 14.1. The summed E-state index contributed by atoms with van der Waals surface area (Å²) in [6.45, 7) is 8.44. The highest BCUT2D eigenvalue weighted by atomic mass is 15.2. The van der Waals surface area contributed by atoms with E-state index in [4.69, 9.17) is 10.7 Å². The number of aromatic nitrogens is 2. The molecule has 0 aromatic carbocycles. The topological polar surface area (TPSA) is 55.0 Å². The number of hydrogen-bond acceptors (Lipinski definition) is 4. The molecular weight excluding hydrogens is 236 g/mol. The lowest BCUT2D eigenvalue weighted by Gasteiger charge is -2.28. The normalized spacial score (nSPS) is 17.4. The zero-order chi connectivity index (χ0) is 13.8. The molecule has 2 N–H and O–H groups in total. The molecule has 0 amide bonds. The van der Waals surface area contributed by atoms with Crippen LogP contribution in [0.1, 0.15) is 63.3 Å². The second kappa shape index (κ2) is 6.22. The first-order valence-corrected chi connectivity index (χ1v) is 7.48. The van der Waals surface area contributed by atoms with Crippen LogP contribution in [0.3, 0.4) is 0 Å². The zero-order valence-corrected chi connectivity index (χ0v) is 12.4. The molecule has 2 heterocycles. The van der Waals surface area contributed by atoms with E-state index < -0.39 is 0 Å². The Balaban J connectivity index is 2.30. The van der Waals surface area contributed by atoms with Gasteiger partial charge in [-0.3, -0.25) is 0 Å². The Bertz CT molecular complexity index is 420. The lowest BCUT2D eigenvalue weighted by atomic mass is 10.1. The Morgan fingerprint density at radius 2 is 1.58 bits per heavy atom. The van der Waals surface area contributed by atoms with Gasteiger partial charge in [0.25, 0.3) is 0 Å². The average molecular weight is 262 g/mol. The van der Waals surface area contributed by atoms with Crippen LogP contribution in [0.5, 0.6) is 0 Å². The molecule has 1 saturated heterocycles. The van der Waals surface area contributed by atoms with Crippen LogP contribution >= 0.6 is 0 Å². The lowest BCUT2D eigenvalue weighted by molar-refractivity contribution is 0.552. The van der Waals surface area contributed by atoms with Crippen molar-refractivity contribution in [3.05, 3.63) is 11.4 Å². The van der Waals surface area contributed by atoms with Gasteiger partial charge in [-0.15, -0.1) is 0 Å². The van der Waals surface area contributed by atoms with Crippen molar-refractivity contribution in [3.8, 4) is 0 Å². The van der Waals surface area contributed by atoms with Crippen molar-refractivity contribution < 1.29 is 0 Å². The van der Waals surface area contributed by atoms with Crippen molar-refractivity contribution in [2.24, 2.45) is 0 Å². The molecule has 1 aliphatic heterocycles. The minimum atomic E-state index is 0.316. The smallest absolute Gasteiger partial charge is 0.137 e. The third kappa shape index (κ3) is 3.37. The first-order valence-electron chi connectivity index (χ1n) is 7.48. The fourth-order valence-electron chi connectivity index (χ4n) is 2.56. The molecule has 19 heavy (non-hydrogen) atoms. The molecule has 1 fully saturated rings. The molecule has 4 heteroatoms. The molecule has 2 rings (SSSR count). The fourth-order valence-corrected chi connectivity index (χ4v) is 2.56. The predicted octanol–water partition coefficient (Wildman–Crippen LogP) is 3.26. The van der Waals surface area contributed by atoms with E-state index >= 15 is 0 Å². The van der Waals surface area contributed by atoms with Crippen molar-refractivity contribution in [2.75, 3.05) is 23.7 Å². The van der Waals surface area contributed by atoms with E-state index in [1.54, 1.807) is 0 Å². The van der Waals surface area contributed by atoms with Gasteiger partial charge in [0.1, 0.15) is 17.5 Å². The molecule has 0 spiro atoms. The molecule has 0 unspecified atom stereocenters. The summed E-state index contributed by atoms with van der Waals surface area (Å²) < 4.78 is 0. The highest BCUT2D eigenvalue weighted by Gasteiger charge is 2.17. The van der Waals surface area contributed by atoms with Crippen molar-refractivity contribution in [2.45, 2.75) is 58.8 Å². The van der Waals surface area contributed by atoms with Crippen LogP contribution in [0, 0.1) is 6.92 Å². The van der Waals surface area contributed by atoms with E-state index in [0.29, 0.717) is 11.7 Å². The van der Waals surface area contributed by atoms with E-state index in [1.165, 1.54) is 32.1 Å². The monoisotopic (exact) mass is 262 g/mol. The summed E-state index contributed by atoms with van der Waals surface area (Å²) in [6, 6.07) is 0. The number of rotatable bonds is 2. The highest BCUT2D eigenvalue weighted by molar-refractivity contribution is 5.56. The largest absolute Gasteiger partial charge is 0.383 e. The van der Waals surface area contributed by atoms with Gasteiger partial charge in [-0.25, -0.2) is 9.97 Å². The van der Waals surface area contributed by atoms with E-state index in [9.17, 15) is 0 Å². The standard InChI is InChI=1S/C15H26N4/c1-11(2)14-17-13(16)12(3)15(18-14)19-9-7-5-4-6-8-10-19/h11H,4-10H2,1-3H3,(H2,16,17,18). The second-order valence-electron chi connectivity index (χ2n) is 5.83. The predicted molar refractivity (Wildman–Crippen MR) is 80.6 cm³/mol. The maximum absolute atomic E-state index is 6.06. The van der Waals surface area contributed by atoms with Gasteiger partial charge in [-0.2, -0.15) is 0 Å². The Morgan fingerprint density at radius 3 is 2.16 bits per heavy atom. The zero-order valence-electron chi connectivity index (χ0n) is 12.4. The second-order valence-corrected chi connectivity index (χ2v) is 5.83. The summed E-state index contributed by atoms with van der Waals surface area (Å²) in [4.78, 5) is 11.6. The molecule has 0 aliphatic carbocycles. The quantitative estimate of drug-likeness (QED) is 0.888. The third-order valence-corrected chi connectivity index (χ3v) is 3.85. The van der Waals surface area contributed by atoms with Crippen LogP contribution in [-0.4, -0.2) is 23.1 Å². The Kier molecular flexibility index (Phi) is 4.61. The molecule has 0 saturated carbocycles. The molecule has 4 nitrogen and oxygen atoms in total. The Labute approximate surface area is 116 Å². The maximum Gasteiger partial charge on any atom is 0.137 e. The van der Waals surface area contributed by atoms with Crippen LogP contribution in [-0.2, 0) is 0 Å². The van der Waals surface area contributed by atoms with Gasteiger partial charge in [-0.1, -0.05) is 33.1 Å². The Hall–Kier alpha value is -1.32. The van der Waals surface area contributed by atoms with Gasteiger partial charge in [0.05, 0.1) is 0 Å². The van der Waals surface area contributed by atoms with Crippen LogP contribution in [0.15, 0.2) is 0 Å². The maximum atomic E-state index is 6.06. The van der Waals surface area contributed by atoms with E-state index in [2.05, 4.69) is 23.7 Å². The van der Waals surface area contributed by atoms with Crippen LogP contribution < -0.4 is 10.6 Å². The highest BCUT2D eigenvalue weighted by Crippen LogP contribution is 2.26. The minimum absolute atomic E-state index is 0.316. The summed E-state index contributed by atoms with van der Waals surface area (Å²) in [7, 11) is 0. The van der Waals surface area contributed by atoms with Gasteiger partial charge in [-0.05, 0) is 19.8 Å². The minimum Gasteiger partial charge on any atom is -0.383 e. The Morgan fingerprint density at radius 1 is 1.00 bits per heavy atom. The van der Waals surface area contributed by atoms with Gasteiger partial charge in [0, 0.05) is 24.6 Å². The number of nitrogen functional groups attached to an aromatic ring is 1. The first-order chi connectivity index (χ1) is 9.09. The number of nitrogens with two attached hydrogens (primary N) is 1. The summed E-state index contributed by atoms with van der Waals surface area (Å²) in [5.74, 6) is 2.87. The van der Waals surface area contributed by atoms with Gasteiger partial charge in [0.15, 0.2) is 0 Å². The number of hydrogen-bond donors (Lipinski definition) is 1. The van der Waals surface area contributed by atoms with Gasteiger partial charge < -0.3 is 10.6 Å². The van der Waals surface area contributed by atoms with Crippen molar-refractivity contribution in [1.82, 2.24) is 9.97 Å². The fraction of sp³-hybridized carbons (Fsp3) is 0.733. The summed E-state index contributed by atoms with van der Waals surface area (Å²) in [6.07, 6.45) is 6.52. The average Bonchev–Trinajstić information content (AvgIpc) is 2.32. The SMILES string of the molecule is Cc1c(N)nc(C(C)C)nc1N1CCCCCCC1. The van der Waals surface area contributed by atoms with E-state index in [-0.39, 0.29) is 0 Å². The molecule has 106 valence electrons. The van der Waals surface area contributed by atoms with Crippen LogP contribution in [0.2, 0.25) is 0 Å². The van der Waals surface area contributed by atoms with Crippen molar-refractivity contribution in [1.29, 1.82) is 0 Å². The lowest BCUT2D eigenvalue weighted by Crippen LogP contribution is -2.29.